The summed E-state index contributed by atoms with van der Waals surface area (Å²) >= 11 is 0. The molecule has 0 aliphatic heterocycles. The van der Waals surface area contributed by atoms with Crippen molar-refractivity contribution >= 4 is 0 Å². The summed E-state index contributed by atoms with van der Waals surface area (Å²) in [6.45, 7) is 0. The fourth-order valence-electron chi connectivity index (χ4n) is 3.41. The second kappa shape index (κ2) is 6.88. The lowest BCUT2D eigenvalue weighted by atomic mass is 9.96. The van der Waals surface area contributed by atoms with Crippen molar-refractivity contribution in [1.82, 2.24) is 0 Å². The highest BCUT2D eigenvalue weighted by Gasteiger charge is 2.08. The van der Waals surface area contributed by atoms with Crippen LogP contribution in [0, 0.1) is 0 Å². The maximum absolute atomic E-state index is 2.28. The molecule has 0 saturated heterocycles. The molecule has 0 nitrogen and oxygen atoms in total. The summed E-state index contributed by atoms with van der Waals surface area (Å²) in [4.78, 5) is 0. The standard InChI is InChI=1S/C24H22/c1-2-6-21(5-1)23-15-11-19(12-16-23)9-10-20-13-17-24(18-14-20)22-7-3-4-8-22/h1-8,11-18,21-22H,9-10H2. The number of rotatable bonds is 5. The van der Waals surface area contributed by atoms with Gasteiger partial charge in [0.25, 0.3) is 0 Å². The molecule has 0 saturated carbocycles. The lowest BCUT2D eigenvalue weighted by Crippen LogP contribution is -1.95. The van der Waals surface area contributed by atoms with Gasteiger partial charge in [0.05, 0.1) is 0 Å². The van der Waals surface area contributed by atoms with Gasteiger partial charge in [0.15, 0.2) is 0 Å². The summed E-state index contributed by atoms with van der Waals surface area (Å²) in [5.74, 6) is 0.926. The monoisotopic (exact) mass is 310 g/mol. The fraction of sp³-hybridized carbons (Fsp3) is 0.167. The second-order valence-electron chi connectivity index (χ2n) is 6.57. The first-order valence-electron chi connectivity index (χ1n) is 8.76. The predicted octanol–water partition coefficient (Wildman–Crippen LogP) is 5.89. The topological polar surface area (TPSA) is 0 Å². The Morgan fingerprint density at radius 2 is 0.792 bits per heavy atom. The SMILES string of the molecule is C1=CC(c2ccc(CCc3ccc(C4C=CC=C4)cc3)cc2)C=C1. The van der Waals surface area contributed by atoms with Crippen molar-refractivity contribution in [2.75, 3.05) is 0 Å². The van der Waals surface area contributed by atoms with E-state index in [-0.39, 0.29) is 0 Å². The molecule has 0 heteroatoms. The Kier molecular flexibility index (Phi) is 4.29. The summed E-state index contributed by atoms with van der Waals surface area (Å²) in [5.41, 5.74) is 5.59. The van der Waals surface area contributed by atoms with E-state index < -0.39 is 0 Å². The molecule has 24 heavy (non-hydrogen) atoms. The molecule has 2 aromatic carbocycles. The van der Waals surface area contributed by atoms with Crippen molar-refractivity contribution < 1.29 is 0 Å². The third-order valence-corrected chi connectivity index (χ3v) is 4.93. The van der Waals surface area contributed by atoms with Crippen LogP contribution in [0.1, 0.15) is 34.1 Å². The molecule has 0 radical (unpaired) electrons. The first-order chi connectivity index (χ1) is 11.9. The molecule has 0 spiro atoms. The quantitative estimate of drug-likeness (QED) is 0.646. The molecule has 118 valence electrons. The molecule has 0 atom stereocenters. The lowest BCUT2D eigenvalue weighted by Gasteiger charge is -2.09. The average molecular weight is 310 g/mol. The maximum Gasteiger partial charge on any atom is 0.0204 e. The van der Waals surface area contributed by atoms with Crippen LogP contribution in [-0.4, -0.2) is 0 Å². The van der Waals surface area contributed by atoms with Gasteiger partial charge in [0.1, 0.15) is 0 Å². The van der Waals surface area contributed by atoms with Gasteiger partial charge in [-0.2, -0.15) is 0 Å². The van der Waals surface area contributed by atoms with E-state index in [0.717, 1.165) is 12.8 Å². The van der Waals surface area contributed by atoms with E-state index in [0.29, 0.717) is 11.8 Å². The molecule has 2 aromatic rings. The van der Waals surface area contributed by atoms with Crippen LogP contribution in [0.2, 0.25) is 0 Å². The van der Waals surface area contributed by atoms with E-state index in [1.54, 1.807) is 0 Å². The highest BCUT2D eigenvalue weighted by molar-refractivity contribution is 5.38. The van der Waals surface area contributed by atoms with Gasteiger partial charge in [-0.1, -0.05) is 97.1 Å². The number of benzene rings is 2. The van der Waals surface area contributed by atoms with Crippen LogP contribution in [0.4, 0.5) is 0 Å². The normalized spacial score (nSPS) is 16.5. The largest absolute Gasteiger partial charge is 0.0732 e. The number of aryl methyl sites for hydroxylation is 2. The molecule has 0 heterocycles. The van der Waals surface area contributed by atoms with Crippen molar-refractivity contribution in [2.45, 2.75) is 24.7 Å². The molecule has 0 amide bonds. The summed E-state index contributed by atoms with van der Waals surface area (Å²) in [6, 6.07) is 18.2. The average Bonchev–Trinajstić information content (AvgIpc) is 3.34. The predicted molar refractivity (Wildman–Crippen MR) is 102 cm³/mol. The molecule has 2 aliphatic rings. The van der Waals surface area contributed by atoms with E-state index in [1.165, 1.54) is 22.3 Å². The van der Waals surface area contributed by atoms with Crippen LogP contribution < -0.4 is 0 Å². The summed E-state index contributed by atoms with van der Waals surface area (Å²) < 4.78 is 0. The van der Waals surface area contributed by atoms with Gasteiger partial charge in [-0.05, 0) is 35.1 Å². The van der Waals surface area contributed by atoms with E-state index in [4.69, 9.17) is 0 Å². The molecular weight excluding hydrogens is 288 g/mol. The molecule has 2 aliphatic carbocycles. The van der Waals surface area contributed by atoms with Gasteiger partial charge < -0.3 is 0 Å². The van der Waals surface area contributed by atoms with Crippen molar-refractivity contribution in [1.29, 1.82) is 0 Å². The lowest BCUT2D eigenvalue weighted by molar-refractivity contribution is 0.952. The van der Waals surface area contributed by atoms with Gasteiger partial charge in [0, 0.05) is 11.8 Å². The highest BCUT2D eigenvalue weighted by atomic mass is 14.1. The summed E-state index contributed by atoms with van der Waals surface area (Å²) in [6.07, 6.45) is 19.7. The number of hydrogen-bond acceptors (Lipinski definition) is 0. The van der Waals surface area contributed by atoms with Crippen LogP contribution in [0.15, 0.2) is 97.1 Å². The second-order valence-corrected chi connectivity index (χ2v) is 6.57. The molecule has 0 N–H and O–H groups in total. The highest BCUT2D eigenvalue weighted by Crippen LogP contribution is 2.24. The van der Waals surface area contributed by atoms with E-state index in [9.17, 15) is 0 Å². The van der Waals surface area contributed by atoms with E-state index >= 15 is 0 Å². The van der Waals surface area contributed by atoms with E-state index in [2.05, 4.69) is 97.1 Å². The zero-order valence-electron chi connectivity index (χ0n) is 13.8. The minimum absolute atomic E-state index is 0.463. The van der Waals surface area contributed by atoms with Crippen molar-refractivity contribution in [3.8, 4) is 0 Å². The minimum atomic E-state index is 0.463. The molecule has 0 aromatic heterocycles. The van der Waals surface area contributed by atoms with Crippen LogP contribution in [0.25, 0.3) is 0 Å². The van der Waals surface area contributed by atoms with Crippen LogP contribution in [0.3, 0.4) is 0 Å². The summed E-state index contributed by atoms with van der Waals surface area (Å²) in [7, 11) is 0. The van der Waals surface area contributed by atoms with Gasteiger partial charge in [-0.15, -0.1) is 0 Å². The van der Waals surface area contributed by atoms with Crippen LogP contribution >= 0.6 is 0 Å². The third kappa shape index (κ3) is 3.33. The number of allylic oxidation sites excluding steroid dienone is 8. The Bertz CT molecular complexity index is 703. The van der Waals surface area contributed by atoms with Crippen molar-refractivity contribution in [3.05, 3.63) is 119 Å². The minimum Gasteiger partial charge on any atom is -0.0732 e. The molecule has 0 bridgehead atoms. The van der Waals surface area contributed by atoms with Gasteiger partial charge in [0.2, 0.25) is 0 Å². The summed E-state index contributed by atoms with van der Waals surface area (Å²) in [5, 5.41) is 0. The Morgan fingerprint density at radius 3 is 1.12 bits per heavy atom. The van der Waals surface area contributed by atoms with Gasteiger partial charge >= 0.3 is 0 Å². The molecule has 0 fully saturated rings. The number of hydrogen-bond donors (Lipinski definition) is 0. The molecule has 4 rings (SSSR count). The van der Waals surface area contributed by atoms with Crippen molar-refractivity contribution in [3.63, 3.8) is 0 Å². The fourth-order valence-corrected chi connectivity index (χ4v) is 3.41. The van der Waals surface area contributed by atoms with Crippen LogP contribution in [-0.2, 0) is 12.8 Å². The first-order valence-corrected chi connectivity index (χ1v) is 8.76. The Balaban J connectivity index is 1.36. The van der Waals surface area contributed by atoms with Gasteiger partial charge in [-0.25, -0.2) is 0 Å². The molecular formula is C24H22. The van der Waals surface area contributed by atoms with Crippen LogP contribution in [0.5, 0.6) is 0 Å². The smallest absolute Gasteiger partial charge is 0.0204 e. The Morgan fingerprint density at radius 1 is 0.458 bits per heavy atom. The first kappa shape index (κ1) is 15.0. The molecule has 0 unspecified atom stereocenters. The third-order valence-electron chi connectivity index (χ3n) is 4.93. The van der Waals surface area contributed by atoms with E-state index in [1.807, 2.05) is 0 Å². The Hall–Kier alpha value is -2.60. The van der Waals surface area contributed by atoms with Crippen molar-refractivity contribution in [2.24, 2.45) is 0 Å². The van der Waals surface area contributed by atoms with Gasteiger partial charge in [-0.3, -0.25) is 0 Å². The zero-order chi connectivity index (χ0) is 16.2. The maximum atomic E-state index is 2.28. The Labute approximate surface area is 144 Å². The zero-order valence-corrected chi connectivity index (χ0v) is 13.8.